The van der Waals surface area contributed by atoms with Gasteiger partial charge >= 0.3 is 0 Å². The van der Waals surface area contributed by atoms with Crippen molar-refractivity contribution in [2.75, 3.05) is 20.2 Å². The highest BCUT2D eigenvalue weighted by molar-refractivity contribution is 5.94. The fraction of sp³-hybridized carbons (Fsp3) is 0.267. The number of rotatable bonds is 8. The molecule has 0 bridgehead atoms. The number of benzene rings is 3. The molecule has 6 nitrogen and oxygen atoms in total. The van der Waals surface area contributed by atoms with Crippen molar-refractivity contribution in [2.45, 2.75) is 33.0 Å². The number of ether oxygens (including phenoxy) is 1. The monoisotopic (exact) mass is 516 g/mol. The molecule has 0 saturated heterocycles. The molecule has 5 rings (SSSR count). The first-order valence-electron chi connectivity index (χ1n) is 12.7. The summed E-state index contributed by atoms with van der Waals surface area (Å²) < 4.78 is 34.2. The second-order valence-electron chi connectivity index (χ2n) is 9.40. The minimum atomic E-state index is -0.304. The quantitative estimate of drug-likeness (QED) is 0.316. The first-order valence-corrected chi connectivity index (χ1v) is 12.7. The van der Waals surface area contributed by atoms with Gasteiger partial charge in [-0.25, -0.2) is 13.5 Å². The number of nitrogens with zero attached hydrogens (tertiary/aromatic N) is 4. The molecule has 1 aliphatic rings. The molecular formula is C30H30F2N4O2. The van der Waals surface area contributed by atoms with E-state index < -0.39 is 0 Å². The first kappa shape index (κ1) is 25.6. The molecule has 0 unspecified atom stereocenters. The van der Waals surface area contributed by atoms with Crippen molar-refractivity contribution >= 4 is 5.91 Å². The van der Waals surface area contributed by atoms with Crippen LogP contribution >= 0.6 is 0 Å². The summed E-state index contributed by atoms with van der Waals surface area (Å²) in [4.78, 5) is 17.5. The maximum atomic E-state index is 13.6. The molecule has 3 aromatic carbocycles. The molecule has 1 aliphatic heterocycles. The fourth-order valence-electron chi connectivity index (χ4n) is 4.89. The van der Waals surface area contributed by atoms with Gasteiger partial charge in [-0.3, -0.25) is 9.69 Å². The van der Waals surface area contributed by atoms with Crippen LogP contribution in [0.4, 0.5) is 8.78 Å². The second kappa shape index (κ2) is 11.1. The van der Waals surface area contributed by atoms with Crippen molar-refractivity contribution in [2.24, 2.45) is 0 Å². The van der Waals surface area contributed by atoms with Crippen LogP contribution in [0.15, 0.2) is 72.8 Å². The zero-order valence-corrected chi connectivity index (χ0v) is 21.5. The Hall–Kier alpha value is -4.04. The molecule has 38 heavy (non-hydrogen) atoms. The smallest absolute Gasteiger partial charge is 0.254 e. The van der Waals surface area contributed by atoms with Crippen LogP contribution in [0.2, 0.25) is 0 Å². The third-order valence-corrected chi connectivity index (χ3v) is 6.94. The van der Waals surface area contributed by atoms with E-state index >= 15 is 0 Å². The molecule has 8 heteroatoms. The van der Waals surface area contributed by atoms with Gasteiger partial charge in [-0.05, 0) is 67.1 Å². The minimum absolute atomic E-state index is 0.101. The van der Waals surface area contributed by atoms with Crippen LogP contribution in [-0.4, -0.2) is 45.7 Å². The molecule has 4 aromatic rings. The van der Waals surface area contributed by atoms with Crippen LogP contribution in [0.1, 0.15) is 39.8 Å². The molecule has 0 fully saturated rings. The number of methoxy groups -OCH3 is 1. The van der Waals surface area contributed by atoms with Crippen LogP contribution in [0.5, 0.6) is 5.75 Å². The molecule has 0 aliphatic carbocycles. The third-order valence-electron chi connectivity index (χ3n) is 6.94. The SMILES string of the molecule is CCN(Cc1nn(-c2ccc(F)cc2)c2c1CN(Cc1ccc(F)cc1)CC2)C(=O)c1cccc(OC)c1. The number of carbonyl (C=O) groups is 1. The van der Waals surface area contributed by atoms with Gasteiger partial charge in [0.15, 0.2) is 0 Å². The summed E-state index contributed by atoms with van der Waals surface area (Å²) in [6.07, 6.45) is 0.747. The molecule has 0 spiro atoms. The number of hydrogen-bond donors (Lipinski definition) is 0. The summed E-state index contributed by atoms with van der Waals surface area (Å²) >= 11 is 0. The summed E-state index contributed by atoms with van der Waals surface area (Å²) in [5.41, 5.74) is 5.31. The molecule has 1 aromatic heterocycles. The predicted molar refractivity (Wildman–Crippen MR) is 141 cm³/mol. The second-order valence-corrected chi connectivity index (χ2v) is 9.40. The highest BCUT2D eigenvalue weighted by atomic mass is 19.1. The maximum Gasteiger partial charge on any atom is 0.254 e. The fourth-order valence-corrected chi connectivity index (χ4v) is 4.89. The lowest BCUT2D eigenvalue weighted by Crippen LogP contribution is -2.33. The van der Waals surface area contributed by atoms with E-state index in [0.29, 0.717) is 37.5 Å². The van der Waals surface area contributed by atoms with Crippen LogP contribution in [0, 0.1) is 11.6 Å². The minimum Gasteiger partial charge on any atom is -0.497 e. The number of hydrogen-bond acceptors (Lipinski definition) is 4. The van der Waals surface area contributed by atoms with E-state index in [9.17, 15) is 13.6 Å². The van der Waals surface area contributed by atoms with Crippen LogP contribution in [0.25, 0.3) is 5.69 Å². The van der Waals surface area contributed by atoms with Crippen LogP contribution in [0.3, 0.4) is 0 Å². The summed E-state index contributed by atoms with van der Waals surface area (Å²) in [6.45, 7) is 4.93. The van der Waals surface area contributed by atoms with Gasteiger partial charge in [0.2, 0.25) is 0 Å². The Morgan fingerprint density at radius 1 is 1.03 bits per heavy atom. The lowest BCUT2D eigenvalue weighted by molar-refractivity contribution is 0.0749. The highest BCUT2D eigenvalue weighted by Gasteiger charge is 2.28. The van der Waals surface area contributed by atoms with Crippen molar-refractivity contribution in [1.82, 2.24) is 19.6 Å². The topological polar surface area (TPSA) is 50.6 Å². The molecule has 0 atom stereocenters. The highest BCUT2D eigenvalue weighted by Crippen LogP contribution is 2.28. The molecule has 196 valence electrons. The first-order chi connectivity index (χ1) is 18.4. The van der Waals surface area contributed by atoms with Crippen molar-refractivity contribution in [3.05, 3.63) is 113 Å². The third kappa shape index (κ3) is 5.45. The molecule has 0 N–H and O–H groups in total. The van der Waals surface area contributed by atoms with E-state index in [1.807, 2.05) is 17.7 Å². The van der Waals surface area contributed by atoms with Gasteiger partial charge in [0.25, 0.3) is 5.91 Å². The summed E-state index contributed by atoms with van der Waals surface area (Å²) in [6, 6.07) is 20.0. The normalized spacial score (nSPS) is 13.3. The molecule has 0 radical (unpaired) electrons. The zero-order valence-electron chi connectivity index (χ0n) is 21.5. The summed E-state index contributed by atoms with van der Waals surface area (Å²) in [7, 11) is 1.58. The summed E-state index contributed by atoms with van der Waals surface area (Å²) in [5, 5.41) is 4.94. The Morgan fingerprint density at radius 2 is 1.74 bits per heavy atom. The lowest BCUT2D eigenvalue weighted by Gasteiger charge is -2.28. The number of amides is 1. The Bertz CT molecular complexity index is 1420. The van der Waals surface area contributed by atoms with Gasteiger partial charge in [0.1, 0.15) is 17.4 Å². The zero-order chi connectivity index (χ0) is 26.6. The van der Waals surface area contributed by atoms with E-state index in [0.717, 1.165) is 41.2 Å². The molecular weight excluding hydrogens is 486 g/mol. The van der Waals surface area contributed by atoms with E-state index in [1.54, 1.807) is 54.5 Å². The van der Waals surface area contributed by atoms with Gasteiger partial charge in [0.05, 0.1) is 30.7 Å². The Kier molecular flexibility index (Phi) is 7.51. The molecule has 1 amide bonds. The van der Waals surface area contributed by atoms with Crippen molar-refractivity contribution in [3.8, 4) is 11.4 Å². The number of halogens is 2. The van der Waals surface area contributed by atoms with Crippen molar-refractivity contribution < 1.29 is 18.3 Å². The Balaban J connectivity index is 1.46. The van der Waals surface area contributed by atoms with Crippen molar-refractivity contribution in [1.29, 1.82) is 0 Å². The van der Waals surface area contributed by atoms with E-state index in [4.69, 9.17) is 9.84 Å². The van der Waals surface area contributed by atoms with Crippen LogP contribution < -0.4 is 4.74 Å². The lowest BCUT2D eigenvalue weighted by atomic mass is 10.0. The molecule has 2 heterocycles. The molecule has 0 saturated carbocycles. The van der Waals surface area contributed by atoms with Crippen molar-refractivity contribution in [3.63, 3.8) is 0 Å². The standard InChI is InChI=1S/C30H30F2N4O2/c1-3-35(30(37)22-5-4-6-26(17-22)38-2)20-28-27-19-34(18-21-7-9-23(31)10-8-21)16-15-29(27)36(33-28)25-13-11-24(32)12-14-25/h4-14,17H,3,15-16,18-20H2,1-2H3. The number of fused-ring (bicyclic) bond motifs is 1. The van der Waals surface area contributed by atoms with Gasteiger partial charge in [-0.1, -0.05) is 18.2 Å². The maximum absolute atomic E-state index is 13.6. The average Bonchev–Trinajstić information content (AvgIpc) is 3.30. The largest absolute Gasteiger partial charge is 0.497 e. The van der Waals surface area contributed by atoms with Gasteiger partial charge < -0.3 is 9.64 Å². The predicted octanol–water partition coefficient (Wildman–Crippen LogP) is 5.38. The van der Waals surface area contributed by atoms with E-state index in [-0.39, 0.29) is 17.5 Å². The Morgan fingerprint density at radius 3 is 2.42 bits per heavy atom. The number of carbonyl (C=O) groups excluding carboxylic acids is 1. The number of aromatic nitrogens is 2. The summed E-state index contributed by atoms with van der Waals surface area (Å²) in [5.74, 6) is -0.0313. The average molecular weight is 517 g/mol. The Labute approximate surface area is 221 Å². The van der Waals surface area contributed by atoms with Gasteiger partial charge in [0, 0.05) is 43.7 Å². The van der Waals surface area contributed by atoms with Gasteiger partial charge in [-0.15, -0.1) is 0 Å². The van der Waals surface area contributed by atoms with Crippen LogP contribution in [-0.2, 0) is 26.1 Å². The van der Waals surface area contributed by atoms with Gasteiger partial charge in [-0.2, -0.15) is 5.10 Å². The van der Waals surface area contributed by atoms with E-state index in [2.05, 4.69) is 4.90 Å². The van der Waals surface area contributed by atoms with E-state index in [1.165, 1.54) is 24.3 Å².